The van der Waals surface area contributed by atoms with E-state index in [4.69, 9.17) is 28.3 Å². The topological polar surface area (TPSA) is 56.7 Å². The average Bonchev–Trinajstić information content (AvgIpc) is 2.50. The summed E-state index contributed by atoms with van der Waals surface area (Å²) in [6.07, 6.45) is 1.83. The molecule has 0 bridgehead atoms. The zero-order valence-electron chi connectivity index (χ0n) is 13.2. The molecule has 0 aliphatic carbocycles. The molecular weight excluding hydrogens is 321 g/mol. The fourth-order valence-corrected chi connectivity index (χ4v) is 2.36. The lowest BCUT2D eigenvalue weighted by Crippen LogP contribution is -2.38. The molecule has 22 heavy (non-hydrogen) atoms. The van der Waals surface area contributed by atoms with Crippen LogP contribution in [-0.4, -0.2) is 37.3 Å². The number of nitrogens with zero attached hydrogens (tertiary/aromatic N) is 1. The Bertz CT molecular complexity index is 480. The van der Waals surface area contributed by atoms with E-state index in [1.165, 1.54) is 0 Å². The van der Waals surface area contributed by atoms with Crippen LogP contribution >= 0.6 is 23.2 Å². The van der Waals surface area contributed by atoms with E-state index in [1.807, 2.05) is 26.0 Å². The quantitative estimate of drug-likeness (QED) is 0.385. The molecule has 0 spiro atoms. The van der Waals surface area contributed by atoms with Crippen LogP contribution in [0.4, 0.5) is 0 Å². The maximum Gasteiger partial charge on any atom is 0.191 e. The van der Waals surface area contributed by atoms with Gasteiger partial charge in [-0.2, -0.15) is 0 Å². The van der Waals surface area contributed by atoms with Crippen molar-refractivity contribution >= 4 is 29.2 Å². The van der Waals surface area contributed by atoms with Gasteiger partial charge in [0.05, 0.1) is 0 Å². The number of benzene rings is 1. The lowest BCUT2D eigenvalue weighted by atomic mass is 10.1. The predicted molar refractivity (Wildman–Crippen MR) is 95.0 cm³/mol. The van der Waals surface area contributed by atoms with Gasteiger partial charge in [-0.15, -0.1) is 0 Å². The number of aliphatic imine (C=N–C) groups is 1. The first kappa shape index (κ1) is 19.1. The maximum atomic E-state index is 9.03. The molecule has 3 N–H and O–H groups in total. The molecule has 0 heterocycles. The molecule has 0 aromatic heterocycles. The van der Waals surface area contributed by atoms with Crippen molar-refractivity contribution in [2.75, 3.05) is 26.2 Å². The number of hydrogen-bond acceptors (Lipinski definition) is 2. The van der Waals surface area contributed by atoms with E-state index >= 15 is 0 Å². The van der Waals surface area contributed by atoms with Crippen LogP contribution in [0, 0.1) is 5.92 Å². The second-order valence-electron chi connectivity index (χ2n) is 5.27. The van der Waals surface area contributed by atoms with Gasteiger partial charge in [-0.25, -0.2) is 0 Å². The monoisotopic (exact) mass is 345 g/mol. The minimum Gasteiger partial charge on any atom is -0.396 e. The molecular formula is C16H25Cl2N3O. The van der Waals surface area contributed by atoms with Crippen molar-refractivity contribution < 1.29 is 5.11 Å². The number of halogens is 2. The van der Waals surface area contributed by atoms with Crippen molar-refractivity contribution in [2.45, 2.75) is 26.7 Å². The number of guanidine groups is 1. The van der Waals surface area contributed by atoms with Crippen LogP contribution in [0.1, 0.15) is 25.8 Å². The van der Waals surface area contributed by atoms with Crippen LogP contribution in [0.15, 0.2) is 23.2 Å². The highest BCUT2D eigenvalue weighted by Gasteiger charge is 2.03. The Balaban J connectivity index is 2.39. The van der Waals surface area contributed by atoms with E-state index in [9.17, 15) is 0 Å². The zero-order valence-corrected chi connectivity index (χ0v) is 14.7. The summed E-state index contributed by atoms with van der Waals surface area (Å²) in [5.41, 5.74) is 1.10. The van der Waals surface area contributed by atoms with Crippen molar-refractivity contribution in [3.05, 3.63) is 33.8 Å². The number of nitrogens with one attached hydrogen (secondary N) is 2. The van der Waals surface area contributed by atoms with Crippen LogP contribution in [-0.2, 0) is 6.42 Å². The Morgan fingerprint density at radius 1 is 1.32 bits per heavy atom. The summed E-state index contributed by atoms with van der Waals surface area (Å²) in [5, 5.41) is 16.9. The van der Waals surface area contributed by atoms with E-state index in [1.54, 1.807) is 6.07 Å². The van der Waals surface area contributed by atoms with Crippen molar-refractivity contribution in [1.29, 1.82) is 0 Å². The smallest absolute Gasteiger partial charge is 0.191 e. The lowest BCUT2D eigenvalue weighted by molar-refractivity contribution is 0.241. The molecule has 0 radical (unpaired) electrons. The van der Waals surface area contributed by atoms with Crippen LogP contribution < -0.4 is 10.6 Å². The van der Waals surface area contributed by atoms with Gasteiger partial charge in [0, 0.05) is 36.3 Å². The largest absolute Gasteiger partial charge is 0.396 e. The summed E-state index contributed by atoms with van der Waals surface area (Å²) in [4.78, 5) is 4.45. The van der Waals surface area contributed by atoms with Crippen molar-refractivity contribution in [3.63, 3.8) is 0 Å². The molecule has 1 rings (SSSR count). The second kappa shape index (κ2) is 10.7. The van der Waals surface area contributed by atoms with Gasteiger partial charge < -0.3 is 15.7 Å². The van der Waals surface area contributed by atoms with Gasteiger partial charge >= 0.3 is 0 Å². The minimum atomic E-state index is 0.151. The molecule has 0 saturated carbocycles. The van der Waals surface area contributed by atoms with Gasteiger partial charge in [-0.1, -0.05) is 36.2 Å². The summed E-state index contributed by atoms with van der Waals surface area (Å²) in [6.45, 7) is 6.36. The van der Waals surface area contributed by atoms with Crippen LogP contribution in [0.3, 0.4) is 0 Å². The molecule has 4 nitrogen and oxygen atoms in total. The summed E-state index contributed by atoms with van der Waals surface area (Å²) >= 11 is 12.0. The molecule has 1 atom stereocenters. The second-order valence-corrected chi connectivity index (χ2v) is 6.12. The Morgan fingerprint density at radius 3 is 2.73 bits per heavy atom. The van der Waals surface area contributed by atoms with E-state index in [-0.39, 0.29) is 12.5 Å². The first-order valence-corrected chi connectivity index (χ1v) is 8.39. The number of hydrogen-bond donors (Lipinski definition) is 3. The van der Waals surface area contributed by atoms with Crippen molar-refractivity contribution in [3.8, 4) is 0 Å². The maximum absolute atomic E-state index is 9.03. The molecule has 0 aliphatic rings. The number of rotatable bonds is 8. The normalized spacial score (nSPS) is 13.0. The van der Waals surface area contributed by atoms with E-state index in [0.717, 1.165) is 37.5 Å². The van der Waals surface area contributed by atoms with E-state index in [0.29, 0.717) is 16.6 Å². The van der Waals surface area contributed by atoms with Crippen molar-refractivity contribution in [2.24, 2.45) is 10.9 Å². The van der Waals surface area contributed by atoms with Gasteiger partial charge in [-0.3, -0.25) is 4.99 Å². The highest BCUT2D eigenvalue weighted by molar-refractivity contribution is 6.35. The zero-order chi connectivity index (χ0) is 16.4. The van der Waals surface area contributed by atoms with Crippen LogP contribution in [0.5, 0.6) is 0 Å². The molecule has 1 aromatic rings. The van der Waals surface area contributed by atoms with Gasteiger partial charge in [0.25, 0.3) is 0 Å². The number of aliphatic hydroxyl groups excluding tert-OH is 1. The Labute approximate surface area is 142 Å². The number of aryl methyl sites for hydroxylation is 1. The molecule has 1 unspecified atom stereocenters. The highest BCUT2D eigenvalue weighted by Crippen LogP contribution is 2.21. The molecule has 1 aromatic carbocycles. The van der Waals surface area contributed by atoms with Crippen LogP contribution in [0.2, 0.25) is 10.0 Å². The summed E-state index contributed by atoms with van der Waals surface area (Å²) in [5.74, 6) is 0.952. The molecule has 0 saturated heterocycles. The molecule has 0 fully saturated rings. The predicted octanol–water partition coefficient (Wildman–Crippen LogP) is 3.11. The van der Waals surface area contributed by atoms with Crippen molar-refractivity contribution in [1.82, 2.24) is 10.6 Å². The van der Waals surface area contributed by atoms with Gasteiger partial charge in [0.2, 0.25) is 0 Å². The third-order valence-corrected chi connectivity index (χ3v) is 3.73. The first-order chi connectivity index (χ1) is 10.6. The third kappa shape index (κ3) is 7.34. The Hall–Kier alpha value is -0.970. The van der Waals surface area contributed by atoms with Gasteiger partial charge in [-0.05, 0) is 43.4 Å². The lowest BCUT2D eigenvalue weighted by Gasteiger charge is -2.12. The van der Waals surface area contributed by atoms with Crippen LogP contribution in [0.25, 0.3) is 0 Å². The van der Waals surface area contributed by atoms with Gasteiger partial charge in [0.15, 0.2) is 5.96 Å². The molecule has 0 aliphatic heterocycles. The summed E-state index contributed by atoms with van der Waals surface area (Å²) < 4.78 is 0. The SMILES string of the molecule is CCNC(=NCC(C)CO)NCCCc1ccc(Cl)cc1Cl. The average molecular weight is 346 g/mol. The molecule has 0 amide bonds. The standard InChI is InChI=1S/C16H25Cl2N3O/c1-3-19-16(21-10-12(2)11-22)20-8-4-5-13-6-7-14(17)9-15(13)18/h6-7,9,12,22H,3-5,8,10-11H2,1-2H3,(H2,19,20,21). The fraction of sp³-hybridized carbons (Fsp3) is 0.562. The Kier molecular flexibility index (Phi) is 9.28. The first-order valence-electron chi connectivity index (χ1n) is 7.63. The van der Waals surface area contributed by atoms with E-state index in [2.05, 4.69) is 15.6 Å². The third-order valence-electron chi connectivity index (χ3n) is 3.15. The van der Waals surface area contributed by atoms with E-state index < -0.39 is 0 Å². The van der Waals surface area contributed by atoms with Gasteiger partial charge in [0.1, 0.15) is 0 Å². The highest BCUT2D eigenvalue weighted by atomic mass is 35.5. The summed E-state index contributed by atoms with van der Waals surface area (Å²) in [7, 11) is 0. The fourth-order valence-electron chi connectivity index (χ4n) is 1.86. The molecule has 124 valence electrons. The minimum absolute atomic E-state index is 0.151. The molecule has 6 heteroatoms. The Morgan fingerprint density at radius 2 is 2.09 bits per heavy atom. The number of aliphatic hydroxyl groups is 1. The summed E-state index contributed by atoms with van der Waals surface area (Å²) in [6, 6.07) is 5.60.